The van der Waals surface area contributed by atoms with E-state index in [0.717, 1.165) is 11.5 Å². The van der Waals surface area contributed by atoms with Crippen molar-refractivity contribution in [2.75, 3.05) is 36.4 Å². The summed E-state index contributed by atoms with van der Waals surface area (Å²) >= 11 is 5.92. The molecule has 1 aliphatic heterocycles. The number of hydrogen-bond acceptors (Lipinski definition) is 5. The predicted octanol–water partition coefficient (Wildman–Crippen LogP) is 2.71. The van der Waals surface area contributed by atoms with E-state index in [-0.39, 0.29) is 5.91 Å². The molecule has 7 heteroatoms. The minimum Gasteiger partial charge on any atom is -0.350 e. The SMILES string of the molecule is C=CC(=O)N1CCN(c2nccnc2Nc2ccc(Cl)cc2)CC1. The number of anilines is 3. The van der Waals surface area contributed by atoms with Crippen LogP contribution in [0.1, 0.15) is 0 Å². The molecule has 0 unspecified atom stereocenters. The van der Waals surface area contributed by atoms with Crippen LogP contribution in [0.15, 0.2) is 49.3 Å². The van der Waals surface area contributed by atoms with Crippen LogP contribution in [0.2, 0.25) is 5.02 Å². The van der Waals surface area contributed by atoms with Crippen molar-refractivity contribution in [3.8, 4) is 0 Å². The maximum atomic E-state index is 11.7. The summed E-state index contributed by atoms with van der Waals surface area (Å²) in [7, 11) is 0. The molecular formula is C17H18ClN5O. The van der Waals surface area contributed by atoms with Crippen LogP contribution in [0.3, 0.4) is 0 Å². The fourth-order valence-corrected chi connectivity index (χ4v) is 2.71. The first-order valence-corrected chi connectivity index (χ1v) is 8.05. The van der Waals surface area contributed by atoms with Crippen LogP contribution in [0.4, 0.5) is 17.3 Å². The predicted molar refractivity (Wildman–Crippen MR) is 95.8 cm³/mol. The van der Waals surface area contributed by atoms with Crippen LogP contribution in [-0.4, -0.2) is 47.0 Å². The fourth-order valence-electron chi connectivity index (χ4n) is 2.59. The molecule has 1 aliphatic rings. The highest BCUT2D eigenvalue weighted by molar-refractivity contribution is 6.30. The number of nitrogens with zero attached hydrogens (tertiary/aromatic N) is 4. The molecule has 124 valence electrons. The van der Waals surface area contributed by atoms with E-state index in [9.17, 15) is 4.79 Å². The second-order valence-corrected chi connectivity index (χ2v) is 5.81. The molecule has 0 atom stereocenters. The van der Waals surface area contributed by atoms with Gasteiger partial charge in [-0.15, -0.1) is 0 Å². The molecule has 2 heterocycles. The van der Waals surface area contributed by atoms with E-state index >= 15 is 0 Å². The van der Waals surface area contributed by atoms with Gasteiger partial charge in [-0.25, -0.2) is 9.97 Å². The van der Waals surface area contributed by atoms with Crippen molar-refractivity contribution >= 4 is 34.8 Å². The van der Waals surface area contributed by atoms with Crippen LogP contribution >= 0.6 is 11.6 Å². The van der Waals surface area contributed by atoms with Gasteiger partial charge in [0.25, 0.3) is 0 Å². The minimum absolute atomic E-state index is 0.0340. The Bertz CT molecular complexity index is 726. The van der Waals surface area contributed by atoms with Gasteiger partial charge in [0, 0.05) is 49.3 Å². The summed E-state index contributed by atoms with van der Waals surface area (Å²) in [5.74, 6) is 1.43. The topological polar surface area (TPSA) is 61.4 Å². The molecule has 6 nitrogen and oxygen atoms in total. The summed E-state index contributed by atoms with van der Waals surface area (Å²) in [6, 6.07) is 7.42. The Morgan fingerprint density at radius 1 is 1.12 bits per heavy atom. The van der Waals surface area contributed by atoms with Crippen LogP contribution in [0.5, 0.6) is 0 Å². The number of benzene rings is 1. The van der Waals surface area contributed by atoms with Crippen LogP contribution in [-0.2, 0) is 4.79 Å². The van der Waals surface area contributed by atoms with Gasteiger partial charge in [0.1, 0.15) is 0 Å². The average Bonchev–Trinajstić information content (AvgIpc) is 2.63. The van der Waals surface area contributed by atoms with Crippen molar-refractivity contribution < 1.29 is 4.79 Å². The van der Waals surface area contributed by atoms with Gasteiger partial charge in [0.2, 0.25) is 5.91 Å². The quantitative estimate of drug-likeness (QED) is 0.865. The van der Waals surface area contributed by atoms with Crippen molar-refractivity contribution in [2.24, 2.45) is 0 Å². The van der Waals surface area contributed by atoms with Gasteiger partial charge < -0.3 is 15.1 Å². The van der Waals surface area contributed by atoms with E-state index in [1.54, 1.807) is 17.3 Å². The Balaban J connectivity index is 1.74. The van der Waals surface area contributed by atoms with E-state index in [1.165, 1.54) is 6.08 Å². The standard InChI is InChI=1S/C17H18ClN5O/c1-2-15(24)22-9-11-23(12-10-22)17-16(19-7-8-20-17)21-14-5-3-13(18)4-6-14/h2-8H,1,9-12H2,(H,19,21). The van der Waals surface area contributed by atoms with E-state index in [4.69, 9.17) is 11.6 Å². The third-order valence-corrected chi connectivity index (χ3v) is 4.10. The second-order valence-electron chi connectivity index (χ2n) is 5.38. The zero-order valence-electron chi connectivity index (χ0n) is 13.2. The Morgan fingerprint density at radius 3 is 2.46 bits per heavy atom. The van der Waals surface area contributed by atoms with Gasteiger partial charge in [-0.3, -0.25) is 4.79 Å². The van der Waals surface area contributed by atoms with Crippen LogP contribution < -0.4 is 10.2 Å². The largest absolute Gasteiger partial charge is 0.350 e. The van der Waals surface area contributed by atoms with Gasteiger partial charge in [0.15, 0.2) is 11.6 Å². The molecular weight excluding hydrogens is 326 g/mol. The summed E-state index contributed by atoms with van der Waals surface area (Å²) in [6.07, 6.45) is 4.67. The lowest BCUT2D eigenvalue weighted by Crippen LogP contribution is -2.48. The number of rotatable bonds is 4. The molecule has 1 fully saturated rings. The summed E-state index contributed by atoms with van der Waals surface area (Å²) in [6.45, 7) is 6.22. The van der Waals surface area contributed by atoms with Gasteiger partial charge in [-0.2, -0.15) is 0 Å². The molecule has 0 bridgehead atoms. The summed E-state index contributed by atoms with van der Waals surface area (Å²) in [4.78, 5) is 24.4. The number of carbonyl (C=O) groups is 1. The number of piperazine rings is 1. The summed E-state index contributed by atoms with van der Waals surface area (Å²) < 4.78 is 0. The highest BCUT2D eigenvalue weighted by Crippen LogP contribution is 2.25. The highest BCUT2D eigenvalue weighted by atomic mass is 35.5. The number of hydrogen-bond donors (Lipinski definition) is 1. The van der Waals surface area contributed by atoms with Crippen molar-refractivity contribution in [3.63, 3.8) is 0 Å². The first-order valence-electron chi connectivity index (χ1n) is 7.67. The molecule has 0 spiro atoms. The minimum atomic E-state index is -0.0340. The van der Waals surface area contributed by atoms with Gasteiger partial charge in [-0.05, 0) is 30.3 Å². The molecule has 1 amide bonds. The lowest BCUT2D eigenvalue weighted by atomic mass is 10.3. The number of nitrogens with one attached hydrogen (secondary N) is 1. The smallest absolute Gasteiger partial charge is 0.246 e. The third kappa shape index (κ3) is 3.65. The molecule has 0 saturated carbocycles. The van der Waals surface area contributed by atoms with Crippen molar-refractivity contribution in [1.29, 1.82) is 0 Å². The van der Waals surface area contributed by atoms with Crippen LogP contribution in [0.25, 0.3) is 0 Å². The molecule has 1 aromatic carbocycles. The molecule has 1 saturated heterocycles. The van der Waals surface area contributed by atoms with Gasteiger partial charge >= 0.3 is 0 Å². The molecule has 2 aromatic rings. The maximum absolute atomic E-state index is 11.7. The van der Waals surface area contributed by atoms with E-state index in [1.807, 2.05) is 24.3 Å². The lowest BCUT2D eigenvalue weighted by molar-refractivity contribution is -0.126. The number of halogens is 1. The van der Waals surface area contributed by atoms with Crippen molar-refractivity contribution in [1.82, 2.24) is 14.9 Å². The molecule has 1 aromatic heterocycles. The normalized spacial score (nSPS) is 14.4. The zero-order chi connectivity index (χ0) is 16.9. The molecule has 0 radical (unpaired) electrons. The maximum Gasteiger partial charge on any atom is 0.246 e. The zero-order valence-corrected chi connectivity index (χ0v) is 13.9. The fraction of sp³-hybridized carbons (Fsp3) is 0.235. The highest BCUT2D eigenvalue weighted by Gasteiger charge is 2.22. The van der Waals surface area contributed by atoms with E-state index < -0.39 is 0 Å². The molecule has 3 rings (SSSR count). The summed E-state index contributed by atoms with van der Waals surface area (Å²) in [5.41, 5.74) is 0.890. The number of carbonyl (C=O) groups excluding carboxylic acids is 1. The number of aromatic nitrogens is 2. The third-order valence-electron chi connectivity index (χ3n) is 3.85. The number of amides is 1. The summed E-state index contributed by atoms with van der Waals surface area (Å²) in [5, 5.41) is 3.95. The molecule has 0 aliphatic carbocycles. The van der Waals surface area contributed by atoms with Gasteiger partial charge in [0.05, 0.1) is 0 Å². The Hall–Kier alpha value is -2.60. The molecule has 24 heavy (non-hydrogen) atoms. The van der Waals surface area contributed by atoms with E-state index in [0.29, 0.717) is 37.0 Å². The van der Waals surface area contributed by atoms with Crippen LogP contribution in [0, 0.1) is 0 Å². The Labute approximate surface area is 145 Å². The van der Waals surface area contributed by atoms with Crippen molar-refractivity contribution in [3.05, 3.63) is 54.3 Å². The Morgan fingerprint density at radius 2 is 1.79 bits per heavy atom. The average molecular weight is 344 g/mol. The molecule has 1 N–H and O–H groups in total. The first kappa shape index (κ1) is 16.3. The monoisotopic (exact) mass is 343 g/mol. The second kappa shape index (κ2) is 7.31. The van der Waals surface area contributed by atoms with Crippen molar-refractivity contribution in [2.45, 2.75) is 0 Å². The Kier molecular flexibility index (Phi) is 4.96. The van der Waals surface area contributed by atoms with Gasteiger partial charge in [-0.1, -0.05) is 18.2 Å². The first-order chi connectivity index (χ1) is 11.7. The lowest BCUT2D eigenvalue weighted by Gasteiger charge is -2.35. The van der Waals surface area contributed by atoms with E-state index in [2.05, 4.69) is 26.8 Å².